The molecule has 5 heteroatoms. The number of rotatable bonds is 5. The summed E-state index contributed by atoms with van der Waals surface area (Å²) in [5.74, 6) is 0.0104. The fraction of sp³-hybridized carbons (Fsp3) is 0.375. The van der Waals surface area contributed by atoms with Gasteiger partial charge in [-0.25, -0.2) is 0 Å². The van der Waals surface area contributed by atoms with E-state index in [2.05, 4.69) is 20.8 Å². The minimum atomic E-state index is 0.0104. The molecule has 1 aliphatic rings. The predicted octanol–water partition coefficient (Wildman–Crippen LogP) is 2.55. The van der Waals surface area contributed by atoms with Crippen LogP contribution in [0.15, 0.2) is 36.5 Å². The molecule has 1 fully saturated rings. The third-order valence-corrected chi connectivity index (χ3v) is 3.89. The normalized spacial score (nSPS) is 15.2. The predicted molar refractivity (Wildman–Crippen MR) is 82.9 cm³/mol. The maximum absolute atomic E-state index is 11.9. The lowest BCUT2D eigenvalue weighted by Crippen LogP contribution is -2.34. The maximum atomic E-state index is 11.9. The van der Waals surface area contributed by atoms with Crippen LogP contribution in [0.1, 0.15) is 25.7 Å². The van der Waals surface area contributed by atoms with Gasteiger partial charge in [0.25, 0.3) is 0 Å². The average Bonchev–Trinajstić information content (AvgIpc) is 3.19. The summed E-state index contributed by atoms with van der Waals surface area (Å²) in [6, 6.07) is 10.2. The topological polar surface area (TPSA) is 69.8 Å². The van der Waals surface area contributed by atoms with Crippen molar-refractivity contribution in [2.45, 2.75) is 31.7 Å². The van der Waals surface area contributed by atoms with Crippen molar-refractivity contribution in [1.29, 1.82) is 0 Å². The summed E-state index contributed by atoms with van der Waals surface area (Å²) in [4.78, 5) is 11.9. The molecular formula is C16H20N4O. The molecule has 0 bridgehead atoms. The summed E-state index contributed by atoms with van der Waals surface area (Å²) >= 11 is 0. The smallest absolute Gasteiger partial charge is 0.238 e. The standard InChI is InChI=1S/C16H20N4O/c21-16(11-17-13-3-1-2-4-13)19-14-7-5-12(6-8-14)15-9-10-18-20-15/h5-10,13,17H,1-4,11H2,(H,18,20)(H,19,21). The van der Waals surface area contributed by atoms with Crippen LogP contribution in [0.2, 0.25) is 0 Å². The molecular weight excluding hydrogens is 264 g/mol. The Bertz CT molecular complexity index is 571. The van der Waals surface area contributed by atoms with Gasteiger partial charge in [-0.2, -0.15) is 5.10 Å². The van der Waals surface area contributed by atoms with Crippen molar-refractivity contribution < 1.29 is 4.79 Å². The molecule has 1 aromatic heterocycles. The Hall–Kier alpha value is -2.14. The quantitative estimate of drug-likeness (QED) is 0.790. The van der Waals surface area contributed by atoms with Gasteiger partial charge in [-0.3, -0.25) is 9.89 Å². The van der Waals surface area contributed by atoms with E-state index in [0.717, 1.165) is 16.9 Å². The molecule has 1 amide bonds. The van der Waals surface area contributed by atoms with Crippen LogP contribution in [0.25, 0.3) is 11.3 Å². The summed E-state index contributed by atoms with van der Waals surface area (Å²) in [5, 5.41) is 13.1. The van der Waals surface area contributed by atoms with Gasteiger partial charge in [-0.15, -0.1) is 0 Å². The molecule has 0 saturated heterocycles. The Morgan fingerprint density at radius 1 is 1.19 bits per heavy atom. The van der Waals surface area contributed by atoms with Crippen LogP contribution in [0.5, 0.6) is 0 Å². The van der Waals surface area contributed by atoms with E-state index in [1.54, 1.807) is 6.20 Å². The molecule has 1 heterocycles. The van der Waals surface area contributed by atoms with Crippen molar-refractivity contribution in [2.24, 2.45) is 0 Å². The number of aromatic amines is 1. The molecule has 1 saturated carbocycles. The number of benzene rings is 1. The highest BCUT2D eigenvalue weighted by molar-refractivity contribution is 5.92. The van der Waals surface area contributed by atoms with Crippen molar-refractivity contribution >= 4 is 11.6 Å². The highest BCUT2D eigenvalue weighted by Gasteiger charge is 2.15. The second-order valence-electron chi connectivity index (χ2n) is 5.46. The lowest BCUT2D eigenvalue weighted by atomic mass is 10.1. The van der Waals surface area contributed by atoms with Crippen LogP contribution in [-0.2, 0) is 4.79 Å². The maximum Gasteiger partial charge on any atom is 0.238 e. The van der Waals surface area contributed by atoms with Crippen LogP contribution in [0.4, 0.5) is 5.69 Å². The van der Waals surface area contributed by atoms with Crippen molar-refractivity contribution in [3.63, 3.8) is 0 Å². The van der Waals surface area contributed by atoms with Crippen LogP contribution >= 0.6 is 0 Å². The molecule has 1 aliphatic carbocycles. The van der Waals surface area contributed by atoms with Gasteiger partial charge in [0.15, 0.2) is 0 Å². The molecule has 1 aromatic carbocycles. The Balaban J connectivity index is 1.51. The molecule has 110 valence electrons. The third kappa shape index (κ3) is 3.70. The Morgan fingerprint density at radius 2 is 1.95 bits per heavy atom. The van der Waals surface area contributed by atoms with Crippen molar-refractivity contribution in [1.82, 2.24) is 15.5 Å². The number of H-pyrrole nitrogens is 1. The number of hydrogen-bond donors (Lipinski definition) is 3. The minimum absolute atomic E-state index is 0.0104. The lowest BCUT2D eigenvalue weighted by molar-refractivity contribution is -0.115. The van der Waals surface area contributed by atoms with E-state index >= 15 is 0 Å². The third-order valence-electron chi connectivity index (χ3n) is 3.89. The molecule has 0 atom stereocenters. The van der Waals surface area contributed by atoms with Crippen LogP contribution in [-0.4, -0.2) is 28.7 Å². The van der Waals surface area contributed by atoms with Crippen LogP contribution < -0.4 is 10.6 Å². The van der Waals surface area contributed by atoms with Gasteiger partial charge in [0.1, 0.15) is 0 Å². The van der Waals surface area contributed by atoms with Gasteiger partial charge in [0, 0.05) is 17.9 Å². The minimum Gasteiger partial charge on any atom is -0.325 e. The van der Waals surface area contributed by atoms with Crippen molar-refractivity contribution in [2.75, 3.05) is 11.9 Å². The number of anilines is 1. The lowest BCUT2D eigenvalue weighted by Gasteiger charge is -2.11. The number of nitrogens with one attached hydrogen (secondary N) is 3. The van der Waals surface area contributed by atoms with Gasteiger partial charge in [-0.1, -0.05) is 25.0 Å². The molecule has 0 aliphatic heterocycles. The SMILES string of the molecule is O=C(CNC1CCCC1)Nc1ccc(-c2ccn[nH]2)cc1. The fourth-order valence-electron chi connectivity index (χ4n) is 2.72. The number of hydrogen-bond acceptors (Lipinski definition) is 3. The van der Waals surface area contributed by atoms with Crippen molar-refractivity contribution in [3.05, 3.63) is 36.5 Å². The Labute approximate surface area is 124 Å². The largest absolute Gasteiger partial charge is 0.325 e. The van der Waals surface area contributed by atoms with E-state index < -0.39 is 0 Å². The number of nitrogens with zero attached hydrogens (tertiary/aromatic N) is 1. The van der Waals surface area contributed by atoms with E-state index in [1.165, 1.54) is 25.7 Å². The van der Waals surface area contributed by atoms with Gasteiger partial charge in [-0.05, 0) is 36.6 Å². The zero-order valence-corrected chi connectivity index (χ0v) is 11.9. The van der Waals surface area contributed by atoms with Gasteiger partial charge in [0.2, 0.25) is 5.91 Å². The van der Waals surface area contributed by atoms with Crippen LogP contribution in [0.3, 0.4) is 0 Å². The summed E-state index contributed by atoms with van der Waals surface area (Å²) in [6.45, 7) is 0.382. The molecule has 3 rings (SSSR count). The first-order valence-corrected chi connectivity index (χ1v) is 7.44. The molecule has 0 radical (unpaired) electrons. The first kappa shape index (κ1) is 13.8. The molecule has 0 spiro atoms. The van der Waals surface area contributed by atoms with E-state index in [0.29, 0.717) is 12.6 Å². The number of amides is 1. The number of carbonyl (C=O) groups excluding carboxylic acids is 1. The summed E-state index contributed by atoms with van der Waals surface area (Å²) < 4.78 is 0. The molecule has 0 unspecified atom stereocenters. The second-order valence-corrected chi connectivity index (χ2v) is 5.46. The van der Waals surface area contributed by atoms with Gasteiger partial charge < -0.3 is 10.6 Å². The van der Waals surface area contributed by atoms with Crippen LogP contribution in [0, 0.1) is 0 Å². The average molecular weight is 284 g/mol. The second kappa shape index (κ2) is 6.54. The van der Waals surface area contributed by atoms with E-state index in [-0.39, 0.29) is 5.91 Å². The molecule has 21 heavy (non-hydrogen) atoms. The first-order chi connectivity index (χ1) is 10.3. The fourth-order valence-corrected chi connectivity index (χ4v) is 2.72. The first-order valence-electron chi connectivity index (χ1n) is 7.44. The van der Waals surface area contributed by atoms with E-state index in [4.69, 9.17) is 0 Å². The molecule has 2 aromatic rings. The summed E-state index contributed by atoms with van der Waals surface area (Å²) in [5.41, 5.74) is 2.84. The van der Waals surface area contributed by atoms with Gasteiger partial charge in [0.05, 0.1) is 12.2 Å². The Morgan fingerprint density at radius 3 is 2.62 bits per heavy atom. The monoisotopic (exact) mass is 284 g/mol. The van der Waals surface area contributed by atoms with Gasteiger partial charge >= 0.3 is 0 Å². The zero-order chi connectivity index (χ0) is 14.5. The van der Waals surface area contributed by atoms with Crippen molar-refractivity contribution in [3.8, 4) is 11.3 Å². The number of carbonyl (C=O) groups is 1. The molecule has 5 nitrogen and oxygen atoms in total. The Kier molecular flexibility index (Phi) is 4.31. The molecule has 3 N–H and O–H groups in total. The highest BCUT2D eigenvalue weighted by atomic mass is 16.1. The highest BCUT2D eigenvalue weighted by Crippen LogP contribution is 2.19. The van der Waals surface area contributed by atoms with E-state index in [1.807, 2.05) is 30.3 Å². The number of aromatic nitrogens is 2. The summed E-state index contributed by atoms with van der Waals surface area (Å²) in [6.07, 6.45) is 6.64. The zero-order valence-electron chi connectivity index (χ0n) is 11.9. The summed E-state index contributed by atoms with van der Waals surface area (Å²) in [7, 11) is 0. The van der Waals surface area contributed by atoms with E-state index in [9.17, 15) is 4.79 Å².